The maximum atomic E-state index is 10.9. The minimum Gasteiger partial charge on any atom is -0.478 e. The predicted molar refractivity (Wildman–Crippen MR) is 80.5 cm³/mol. The van der Waals surface area contributed by atoms with Gasteiger partial charge in [-0.05, 0) is 35.9 Å². The summed E-state index contributed by atoms with van der Waals surface area (Å²) in [6.07, 6.45) is 0. The van der Waals surface area contributed by atoms with E-state index in [1.54, 1.807) is 30.0 Å². The van der Waals surface area contributed by atoms with Crippen molar-refractivity contribution >= 4 is 29.3 Å². The standard InChI is InChI=1S/C15H11ClO4S/c16-12-4-9(5-13-14(12)20-8-19-13)7-21-11-3-1-2-10(6-11)15(17)18/h1-6H,7-8H2,(H,17,18). The van der Waals surface area contributed by atoms with Crippen LogP contribution in [0.25, 0.3) is 0 Å². The highest BCUT2D eigenvalue weighted by molar-refractivity contribution is 7.98. The molecule has 2 aromatic rings. The van der Waals surface area contributed by atoms with Crippen molar-refractivity contribution in [1.82, 2.24) is 0 Å². The van der Waals surface area contributed by atoms with Crippen molar-refractivity contribution in [3.63, 3.8) is 0 Å². The van der Waals surface area contributed by atoms with Gasteiger partial charge in [0.05, 0.1) is 10.6 Å². The number of fused-ring (bicyclic) bond motifs is 1. The molecule has 1 aliphatic heterocycles. The third kappa shape index (κ3) is 3.09. The minimum atomic E-state index is -0.927. The van der Waals surface area contributed by atoms with Crippen molar-refractivity contribution < 1.29 is 19.4 Å². The number of aromatic carboxylic acids is 1. The normalized spacial score (nSPS) is 12.4. The quantitative estimate of drug-likeness (QED) is 0.860. The molecule has 21 heavy (non-hydrogen) atoms. The lowest BCUT2D eigenvalue weighted by atomic mass is 10.2. The van der Waals surface area contributed by atoms with Crippen LogP contribution in [0, 0.1) is 0 Å². The van der Waals surface area contributed by atoms with Gasteiger partial charge >= 0.3 is 5.97 Å². The Labute approximate surface area is 130 Å². The smallest absolute Gasteiger partial charge is 0.335 e. The second kappa shape index (κ2) is 5.87. The van der Waals surface area contributed by atoms with Gasteiger partial charge in [-0.3, -0.25) is 0 Å². The van der Waals surface area contributed by atoms with Crippen molar-refractivity contribution in [3.8, 4) is 11.5 Å². The van der Waals surface area contributed by atoms with Gasteiger partial charge in [0.1, 0.15) is 0 Å². The van der Waals surface area contributed by atoms with Gasteiger partial charge in [0.2, 0.25) is 6.79 Å². The fourth-order valence-corrected chi connectivity index (χ4v) is 3.16. The number of carboxylic acids is 1. The molecular weight excluding hydrogens is 312 g/mol. The van der Waals surface area contributed by atoms with E-state index in [0.717, 1.165) is 10.5 Å². The van der Waals surface area contributed by atoms with Crippen molar-refractivity contribution in [1.29, 1.82) is 0 Å². The molecule has 0 fully saturated rings. The first kappa shape index (κ1) is 14.1. The molecule has 0 bridgehead atoms. The molecule has 1 aliphatic rings. The number of benzene rings is 2. The van der Waals surface area contributed by atoms with E-state index >= 15 is 0 Å². The molecule has 0 aromatic heterocycles. The Morgan fingerprint density at radius 2 is 2.14 bits per heavy atom. The average molecular weight is 323 g/mol. The highest BCUT2D eigenvalue weighted by atomic mass is 35.5. The van der Waals surface area contributed by atoms with E-state index in [1.165, 1.54) is 0 Å². The molecule has 0 amide bonds. The lowest BCUT2D eigenvalue weighted by Gasteiger charge is -2.06. The minimum absolute atomic E-state index is 0.187. The number of hydrogen-bond donors (Lipinski definition) is 1. The number of carbonyl (C=O) groups is 1. The van der Waals surface area contributed by atoms with E-state index in [4.69, 9.17) is 26.2 Å². The van der Waals surface area contributed by atoms with Crippen LogP contribution in [-0.4, -0.2) is 17.9 Å². The summed E-state index contributed by atoms with van der Waals surface area (Å²) < 4.78 is 10.6. The third-order valence-corrected chi connectivity index (χ3v) is 4.32. The predicted octanol–water partition coefficient (Wildman–Crippen LogP) is 4.06. The van der Waals surface area contributed by atoms with Gasteiger partial charge in [0.15, 0.2) is 11.5 Å². The maximum Gasteiger partial charge on any atom is 0.335 e. The number of rotatable bonds is 4. The molecule has 1 heterocycles. The molecule has 108 valence electrons. The SMILES string of the molecule is O=C(O)c1cccc(SCc2cc(Cl)c3c(c2)OCO3)c1. The van der Waals surface area contributed by atoms with E-state index < -0.39 is 5.97 Å². The first-order valence-corrected chi connectivity index (χ1v) is 7.54. The second-order valence-corrected chi connectivity index (χ2v) is 5.89. The number of ether oxygens (including phenoxy) is 2. The van der Waals surface area contributed by atoms with Crippen LogP contribution >= 0.6 is 23.4 Å². The fraction of sp³-hybridized carbons (Fsp3) is 0.133. The van der Waals surface area contributed by atoms with Gasteiger partial charge in [0.25, 0.3) is 0 Å². The highest BCUT2D eigenvalue weighted by Crippen LogP contribution is 2.40. The summed E-state index contributed by atoms with van der Waals surface area (Å²) in [4.78, 5) is 11.8. The summed E-state index contributed by atoms with van der Waals surface area (Å²) in [6, 6.07) is 10.6. The zero-order valence-corrected chi connectivity index (χ0v) is 12.4. The number of carboxylic acid groups (broad SMARTS) is 1. The topological polar surface area (TPSA) is 55.8 Å². The fourth-order valence-electron chi connectivity index (χ4n) is 1.99. The van der Waals surface area contributed by atoms with Crippen LogP contribution in [0.15, 0.2) is 41.3 Å². The molecular formula is C15H11ClO4S. The van der Waals surface area contributed by atoms with Crippen LogP contribution in [0.4, 0.5) is 0 Å². The van der Waals surface area contributed by atoms with Gasteiger partial charge in [-0.1, -0.05) is 17.7 Å². The van der Waals surface area contributed by atoms with Crippen LogP contribution in [0.5, 0.6) is 11.5 Å². The number of hydrogen-bond acceptors (Lipinski definition) is 4. The van der Waals surface area contributed by atoms with Gasteiger partial charge in [-0.15, -0.1) is 11.8 Å². The van der Waals surface area contributed by atoms with Crippen molar-refractivity contribution in [2.75, 3.05) is 6.79 Å². The molecule has 3 rings (SSSR count). The van der Waals surface area contributed by atoms with E-state index in [2.05, 4.69) is 0 Å². The zero-order valence-electron chi connectivity index (χ0n) is 10.8. The van der Waals surface area contributed by atoms with E-state index in [0.29, 0.717) is 22.3 Å². The van der Waals surface area contributed by atoms with Crippen LogP contribution in [0.3, 0.4) is 0 Å². The molecule has 0 spiro atoms. The number of halogens is 1. The zero-order chi connectivity index (χ0) is 14.8. The van der Waals surface area contributed by atoms with Gasteiger partial charge in [0, 0.05) is 10.6 Å². The van der Waals surface area contributed by atoms with E-state index in [1.807, 2.05) is 18.2 Å². The third-order valence-electron chi connectivity index (χ3n) is 2.97. The molecule has 6 heteroatoms. The Bertz CT molecular complexity index is 702. The molecule has 0 saturated carbocycles. The van der Waals surface area contributed by atoms with Crippen molar-refractivity contribution in [2.24, 2.45) is 0 Å². The Morgan fingerprint density at radius 3 is 2.95 bits per heavy atom. The van der Waals surface area contributed by atoms with Crippen LogP contribution in [-0.2, 0) is 5.75 Å². The Hall–Kier alpha value is -1.85. The van der Waals surface area contributed by atoms with E-state index in [9.17, 15) is 4.79 Å². The molecule has 0 radical (unpaired) electrons. The summed E-state index contributed by atoms with van der Waals surface area (Å²) in [5.41, 5.74) is 1.28. The van der Waals surface area contributed by atoms with Gasteiger partial charge < -0.3 is 14.6 Å². The average Bonchev–Trinajstić information content (AvgIpc) is 2.94. The molecule has 0 atom stereocenters. The summed E-state index contributed by atoms with van der Waals surface area (Å²) in [7, 11) is 0. The monoisotopic (exact) mass is 322 g/mol. The summed E-state index contributed by atoms with van der Waals surface area (Å²) in [5.74, 6) is 0.971. The summed E-state index contributed by atoms with van der Waals surface area (Å²) in [6.45, 7) is 0.187. The van der Waals surface area contributed by atoms with Crippen LogP contribution in [0.1, 0.15) is 15.9 Å². The molecule has 0 aliphatic carbocycles. The summed E-state index contributed by atoms with van der Waals surface area (Å²) in [5, 5.41) is 9.51. The van der Waals surface area contributed by atoms with Gasteiger partial charge in [-0.25, -0.2) is 4.79 Å². The first-order chi connectivity index (χ1) is 10.1. The van der Waals surface area contributed by atoms with Crippen molar-refractivity contribution in [3.05, 3.63) is 52.5 Å². The first-order valence-electron chi connectivity index (χ1n) is 6.17. The number of thioether (sulfide) groups is 1. The van der Waals surface area contributed by atoms with Crippen molar-refractivity contribution in [2.45, 2.75) is 10.6 Å². The maximum absolute atomic E-state index is 10.9. The Kier molecular flexibility index (Phi) is 3.94. The van der Waals surface area contributed by atoms with Gasteiger partial charge in [-0.2, -0.15) is 0 Å². The lowest BCUT2D eigenvalue weighted by Crippen LogP contribution is -1.95. The lowest BCUT2D eigenvalue weighted by molar-refractivity contribution is 0.0696. The largest absolute Gasteiger partial charge is 0.478 e. The summed E-state index contributed by atoms with van der Waals surface area (Å²) >= 11 is 7.67. The molecule has 4 nitrogen and oxygen atoms in total. The van der Waals surface area contributed by atoms with Crippen LogP contribution in [0.2, 0.25) is 5.02 Å². The van der Waals surface area contributed by atoms with Crippen LogP contribution < -0.4 is 9.47 Å². The Morgan fingerprint density at radius 1 is 1.29 bits per heavy atom. The molecule has 0 unspecified atom stereocenters. The Balaban J connectivity index is 1.75. The second-order valence-electron chi connectivity index (χ2n) is 4.43. The highest BCUT2D eigenvalue weighted by Gasteiger charge is 2.18. The molecule has 1 N–H and O–H groups in total. The molecule has 0 saturated heterocycles. The van der Waals surface area contributed by atoms with E-state index in [-0.39, 0.29) is 12.4 Å². The molecule has 2 aromatic carbocycles.